The molecule has 1 N–H and O–H groups in total. The Kier molecular flexibility index (Phi) is 4.98. The highest BCUT2D eigenvalue weighted by Gasteiger charge is 2.27. The molecule has 0 saturated carbocycles. The summed E-state index contributed by atoms with van der Waals surface area (Å²) >= 11 is 0. The van der Waals surface area contributed by atoms with Gasteiger partial charge in [0.1, 0.15) is 6.61 Å². The van der Waals surface area contributed by atoms with E-state index in [1.807, 2.05) is 37.3 Å². The van der Waals surface area contributed by atoms with Gasteiger partial charge >= 0.3 is 0 Å². The molecule has 1 amide bonds. The Morgan fingerprint density at radius 2 is 1.73 bits per heavy atom. The van der Waals surface area contributed by atoms with Crippen LogP contribution in [0.2, 0.25) is 0 Å². The molecule has 1 aliphatic rings. The van der Waals surface area contributed by atoms with E-state index in [1.54, 1.807) is 6.07 Å². The van der Waals surface area contributed by atoms with Crippen molar-refractivity contribution in [3.05, 3.63) is 59.7 Å². The lowest BCUT2D eigenvalue weighted by molar-refractivity contribution is -0.130. The molecular formula is C21H24N2O3. The second kappa shape index (κ2) is 7.20. The average Bonchev–Trinajstić information content (AvgIpc) is 2.64. The zero-order valence-corrected chi connectivity index (χ0v) is 15.6. The molecule has 1 unspecified atom stereocenters. The summed E-state index contributed by atoms with van der Waals surface area (Å²) in [4.78, 5) is 12.3. The maximum atomic E-state index is 12.3. The molecular weight excluding hydrogens is 328 g/mol. The van der Waals surface area contributed by atoms with Crippen molar-refractivity contribution in [1.29, 1.82) is 0 Å². The van der Waals surface area contributed by atoms with Crippen LogP contribution in [0.25, 0.3) is 0 Å². The quantitative estimate of drug-likeness (QED) is 0.677. The summed E-state index contributed by atoms with van der Waals surface area (Å²) in [5, 5.41) is 4.20. The monoisotopic (exact) mass is 352 g/mol. The Morgan fingerprint density at radius 1 is 1.08 bits per heavy atom. The van der Waals surface area contributed by atoms with Crippen molar-refractivity contribution in [2.45, 2.75) is 39.2 Å². The molecule has 1 heterocycles. The van der Waals surface area contributed by atoms with E-state index in [9.17, 15) is 4.79 Å². The van der Waals surface area contributed by atoms with Crippen molar-refractivity contribution in [1.82, 2.24) is 5.43 Å². The maximum Gasteiger partial charge on any atom is 0.284 e. The molecule has 0 fully saturated rings. The summed E-state index contributed by atoms with van der Waals surface area (Å²) in [5.41, 5.74) is 5.62. The smallest absolute Gasteiger partial charge is 0.284 e. The third-order valence-electron chi connectivity index (χ3n) is 4.30. The van der Waals surface area contributed by atoms with E-state index in [1.165, 1.54) is 5.56 Å². The summed E-state index contributed by atoms with van der Waals surface area (Å²) in [7, 11) is 0. The molecule has 0 aromatic heterocycles. The molecule has 1 aliphatic heterocycles. The minimum absolute atomic E-state index is 0.104. The highest BCUT2D eigenvalue weighted by atomic mass is 16.6. The van der Waals surface area contributed by atoms with Crippen LogP contribution in [0, 0.1) is 0 Å². The summed E-state index contributed by atoms with van der Waals surface area (Å²) in [5.74, 6) is 0.887. The fraction of sp³-hybridized carbons (Fsp3) is 0.333. The first-order valence-electron chi connectivity index (χ1n) is 8.68. The van der Waals surface area contributed by atoms with Crippen LogP contribution in [0.1, 0.15) is 38.8 Å². The van der Waals surface area contributed by atoms with E-state index in [4.69, 9.17) is 9.47 Å². The van der Waals surface area contributed by atoms with Gasteiger partial charge in [-0.2, -0.15) is 5.10 Å². The second-order valence-electron chi connectivity index (χ2n) is 7.36. The van der Waals surface area contributed by atoms with Gasteiger partial charge in [-0.3, -0.25) is 4.79 Å². The van der Waals surface area contributed by atoms with Gasteiger partial charge in [0.2, 0.25) is 6.10 Å². The number of fused-ring (bicyclic) bond motifs is 1. The van der Waals surface area contributed by atoms with Gasteiger partial charge in [0.15, 0.2) is 11.5 Å². The third-order valence-corrected chi connectivity index (χ3v) is 4.30. The van der Waals surface area contributed by atoms with Crippen LogP contribution in [-0.4, -0.2) is 24.3 Å². The van der Waals surface area contributed by atoms with Crippen LogP contribution in [-0.2, 0) is 10.2 Å². The molecule has 2 aromatic carbocycles. The zero-order chi connectivity index (χ0) is 18.7. The van der Waals surface area contributed by atoms with Crippen molar-refractivity contribution in [2.75, 3.05) is 6.61 Å². The number of rotatable bonds is 3. The summed E-state index contributed by atoms with van der Waals surface area (Å²) in [6.45, 7) is 8.55. The zero-order valence-electron chi connectivity index (χ0n) is 15.6. The first kappa shape index (κ1) is 18.0. The van der Waals surface area contributed by atoms with Crippen molar-refractivity contribution in [3.63, 3.8) is 0 Å². The highest BCUT2D eigenvalue weighted by molar-refractivity contribution is 5.99. The minimum Gasteiger partial charge on any atom is -0.485 e. The summed E-state index contributed by atoms with van der Waals surface area (Å²) < 4.78 is 11.2. The molecule has 136 valence electrons. The Labute approximate surface area is 154 Å². The SMILES string of the molecule is C/C(=N\NC(=O)C1COc2ccccc2O1)c1ccc(C(C)(C)C)cc1. The van der Waals surface area contributed by atoms with Crippen molar-refractivity contribution in [3.8, 4) is 11.5 Å². The summed E-state index contributed by atoms with van der Waals surface area (Å²) in [6.07, 6.45) is -0.718. The molecule has 1 atom stereocenters. The molecule has 0 radical (unpaired) electrons. The maximum absolute atomic E-state index is 12.3. The third kappa shape index (κ3) is 4.04. The van der Waals surface area contributed by atoms with Crippen LogP contribution >= 0.6 is 0 Å². The predicted octanol–water partition coefficient (Wildman–Crippen LogP) is 3.66. The van der Waals surface area contributed by atoms with Gasteiger partial charge in [0.25, 0.3) is 5.91 Å². The Balaban J connectivity index is 1.63. The number of hydrazone groups is 1. The average molecular weight is 352 g/mol. The van der Waals surface area contributed by atoms with Gasteiger partial charge < -0.3 is 9.47 Å². The number of nitrogens with one attached hydrogen (secondary N) is 1. The number of hydrogen-bond acceptors (Lipinski definition) is 4. The van der Waals surface area contributed by atoms with Crippen molar-refractivity contribution < 1.29 is 14.3 Å². The van der Waals surface area contributed by atoms with Crippen LogP contribution in [0.15, 0.2) is 53.6 Å². The molecule has 0 saturated heterocycles. The van der Waals surface area contributed by atoms with E-state index >= 15 is 0 Å². The number of nitrogens with zero attached hydrogens (tertiary/aromatic N) is 1. The lowest BCUT2D eigenvalue weighted by Crippen LogP contribution is -2.42. The molecule has 26 heavy (non-hydrogen) atoms. The Morgan fingerprint density at radius 3 is 2.38 bits per heavy atom. The number of carbonyl (C=O) groups excluding carboxylic acids is 1. The van der Waals surface area contributed by atoms with E-state index in [2.05, 4.69) is 43.4 Å². The number of benzene rings is 2. The molecule has 5 nitrogen and oxygen atoms in total. The normalized spacial score (nSPS) is 16.9. The Hall–Kier alpha value is -2.82. The first-order valence-corrected chi connectivity index (χ1v) is 8.68. The van der Waals surface area contributed by atoms with E-state index < -0.39 is 6.10 Å². The van der Waals surface area contributed by atoms with E-state index in [-0.39, 0.29) is 17.9 Å². The fourth-order valence-electron chi connectivity index (χ4n) is 2.64. The second-order valence-corrected chi connectivity index (χ2v) is 7.36. The lowest BCUT2D eigenvalue weighted by Gasteiger charge is -2.24. The van der Waals surface area contributed by atoms with Gasteiger partial charge in [-0.1, -0.05) is 57.2 Å². The molecule has 2 aromatic rings. The largest absolute Gasteiger partial charge is 0.485 e. The van der Waals surface area contributed by atoms with Crippen molar-refractivity contribution in [2.24, 2.45) is 5.10 Å². The molecule has 5 heteroatoms. The van der Waals surface area contributed by atoms with E-state index in [0.717, 1.165) is 11.3 Å². The van der Waals surface area contributed by atoms with Crippen LogP contribution in [0.5, 0.6) is 11.5 Å². The number of para-hydroxylation sites is 2. The predicted molar refractivity (Wildman–Crippen MR) is 102 cm³/mol. The number of amides is 1. The van der Waals surface area contributed by atoms with Crippen molar-refractivity contribution >= 4 is 11.6 Å². The molecule has 0 spiro atoms. The van der Waals surface area contributed by atoms with Crippen LogP contribution in [0.3, 0.4) is 0 Å². The Bertz CT molecular complexity index is 820. The first-order chi connectivity index (χ1) is 12.3. The van der Waals surface area contributed by atoms with E-state index in [0.29, 0.717) is 11.5 Å². The van der Waals surface area contributed by atoms with Crippen LogP contribution in [0.4, 0.5) is 0 Å². The van der Waals surface area contributed by atoms with Gasteiger partial charge in [0.05, 0.1) is 5.71 Å². The molecule has 0 bridgehead atoms. The molecule has 3 rings (SSSR count). The standard InChI is InChI=1S/C21H24N2O3/c1-14(15-9-11-16(12-10-15)21(2,3)4)22-23-20(24)19-13-25-17-7-5-6-8-18(17)26-19/h5-12,19H,13H2,1-4H3,(H,23,24)/b22-14+. The number of ether oxygens (including phenoxy) is 2. The number of hydrogen-bond donors (Lipinski definition) is 1. The lowest BCUT2D eigenvalue weighted by atomic mass is 9.86. The van der Waals surface area contributed by atoms with Gasteiger partial charge in [-0.05, 0) is 35.6 Å². The minimum atomic E-state index is -0.718. The highest BCUT2D eigenvalue weighted by Crippen LogP contribution is 2.30. The van der Waals surface area contributed by atoms with Gasteiger partial charge in [0, 0.05) is 0 Å². The van der Waals surface area contributed by atoms with Gasteiger partial charge in [-0.25, -0.2) is 5.43 Å². The topological polar surface area (TPSA) is 59.9 Å². The molecule has 0 aliphatic carbocycles. The summed E-state index contributed by atoms with van der Waals surface area (Å²) in [6, 6.07) is 15.5. The van der Waals surface area contributed by atoms with Crippen LogP contribution < -0.4 is 14.9 Å². The van der Waals surface area contributed by atoms with Gasteiger partial charge in [-0.15, -0.1) is 0 Å². The fourth-order valence-corrected chi connectivity index (χ4v) is 2.64. The number of carbonyl (C=O) groups is 1.